The van der Waals surface area contributed by atoms with Crippen LogP contribution in [0.1, 0.15) is 16.8 Å². The van der Waals surface area contributed by atoms with Crippen LogP contribution in [0.4, 0.5) is 0 Å². The van der Waals surface area contributed by atoms with Gasteiger partial charge in [-0.2, -0.15) is 0 Å². The van der Waals surface area contributed by atoms with Crippen molar-refractivity contribution >= 4 is 34.7 Å². The minimum absolute atomic E-state index is 0.364. The summed E-state index contributed by atoms with van der Waals surface area (Å²) in [6.45, 7) is 0.364. The molecule has 0 saturated carbocycles. The molecular formula is C27H24ClNO4. The summed E-state index contributed by atoms with van der Waals surface area (Å²) < 4.78 is 22.5. The molecule has 33 heavy (non-hydrogen) atoms. The Morgan fingerprint density at radius 2 is 1.58 bits per heavy atom. The topological polar surface area (TPSA) is 49.8 Å². The van der Waals surface area contributed by atoms with Crippen molar-refractivity contribution in [3.8, 4) is 23.0 Å². The second-order valence-electron chi connectivity index (χ2n) is 7.20. The fraction of sp³-hybridized carbons (Fsp3) is 0.148. The molecule has 5 nitrogen and oxygen atoms in total. The predicted octanol–water partition coefficient (Wildman–Crippen LogP) is 6.66. The number of aromatic nitrogens is 1. The average Bonchev–Trinajstić information content (AvgIpc) is 2.86. The molecule has 0 unspecified atom stereocenters. The first kappa shape index (κ1) is 22.5. The molecule has 4 aromatic rings. The van der Waals surface area contributed by atoms with Crippen molar-refractivity contribution in [2.75, 3.05) is 21.3 Å². The van der Waals surface area contributed by atoms with Gasteiger partial charge >= 0.3 is 0 Å². The van der Waals surface area contributed by atoms with Gasteiger partial charge in [-0.1, -0.05) is 48.0 Å². The average molecular weight is 462 g/mol. The van der Waals surface area contributed by atoms with Crippen LogP contribution in [0.2, 0.25) is 5.02 Å². The molecule has 0 N–H and O–H groups in total. The minimum atomic E-state index is 0.364. The molecule has 0 radical (unpaired) electrons. The second kappa shape index (κ2) is 10.3. The van der Waals surface area contributed by atoms with Crippen molar-refractivity contribution < 1.29 is 18.9 Å². The van der Waals surface area contributed by atoms with Gasteiger partial charge in [0.1, 0.15) is 17.9 Å². The van der Waals surface area contributed by atoms with E-state index in [9.17, 15) is 0 Å². The van der Waals surface area contributed by atoms with Crippen LogP contribution in [0.5, 0.6) is 23.0 Å². The van der Waals surface area contributed by atoms with E-state index in [-0.39, 0.29) is 0 Å². The van der Waals surface area contributed by atoms with Gasteiger partial charge in [-0.25, -0.2) is 4.98 Å². The molecule has 168 valence electrons. The van der Waals surface area contributed by atoms with Crippen LogP contribution in [-0.4, -0.2) is 26.3 Å². The lowest BCUT2D eigenvalue weighted by molar-refractivity contribution is 0.309. The number of rotatable bonds is 8. The highest BCUT2D eigenvalue weighted by molar-refractivity contribution is 6.31. The van der Waals surface area contributed by atoms with E-state index in [4.69, 9.17) is 35.5 Å². The van der Waals surface area contributed by atoms with Crippen LogP contribution in [-0.2, 0) is 6.61 Å². The quantitative estimate of drug-likeness (QED) is 0.293. The number of fused-ring (bicyclic) bond motifs is 1. The van der Waals surface area contributed by atoms with Crippen LogP contribution >= 0.6 is 11.6 Å². The SMILES string of the molecule is COc1ccc(/C=C/c2ccc3cccc(OCc4ccccc4Cl)c3n2)c(OC)c1OC. The van der Waals surface area contributed by atoms with Crippen LogP contribution in [0.15, 0.2) is 66.7 Å². The Balaban J connectivity index is 1.64. The van der Waals surface area contributed by atoms with Gasteiger partial charge < -0.3 is 18.9 Å². The van der Waals surface area contributed by atoms with Gasteiger partial charge in [-0.15, -0.1) is 0 Å². The third kappa shape index (κ3) is 4.89. The van der Waals surface area contributed by atoms with E-state index in [0.717, 1.165) is 27.7 Å². The second-order valence-corrected chi connectivity index (χ2v) is 7.61. The van der Waals surface area contributed by atoms with Gasteiger partial charge in [-0.05, 0) is 42.5 Å². The van der Waals surface area contributed by atoms with Crippen LogP contribution in [0.3, 0.4) is 0 Å². The van der Waals surface area contributed by atoms with E-state index in [2.05, 4.69) is 0 Å². The number of methoxy groups -OCH3 is 3. The molecule has 0 aliphatic rings. The molecule has 0 amide bonds. The lowest BCUT2D eigenvalue weighted by atomic mass is 10.1. The third-order valence-corrected chi connectivity index (χ3v) is 5.58. The van der Waals surface area contributed by atoms with Gasteiger partial charge in [0.05, 0.1) is 27.0 Å². The van der Waals surface area contributed by atoms with E-state index >= 15 is 0 Å². The maximum absolute atomic E-state index is 6.27. The van der Waals surface area contributed by atoms with Crippen molar-refractivity contribution in [2.45, 2.75) is 6.61 Å². The van der Waals surface area contributed by atoms with Crippen molar-refractivity contribution in [1.29, 1.82) is 0 Å². The molecule has 1 heterocycles. The predicted molar refractivity (Wildman–Crippen MR) is 133 cm³/mol. The summed E-state index contributed by atoms with van der Waals surface area (Å²) in [5, 5.41) is 1.67. The number of pyridine rings is 1. The van der Waals surface area contributed by atoms with E-state index in [1.165, 1.54) is 0 Å². The van der Waals surface area contributed by atoms with E-state index < -0.39 is 0 Å². The summed E-state index contributed by atoms with van der Waals surface area (Å²) >= 11 is 6.27. The number of hydrogen-bond acceptors (Lipinski definition) is 5. The highest BCUT2D eigenvalue weighted by Crippen LogP contribution is 2.40. The van der Waals surface area contributed by atoms with Crippen LogP contribution in [0, 0.1) is 0 Å². The Morgan fingerprint density at radius 3 is 2.33 bits per heavy atom. The molecule has 0 bridgehead atoms. The summed E-state index contributed by atoms with van der Waals surface area (Å²) in [6, 6.07) is 21.3. The minimum Gasteiger partial charge on any atom is -0.493 e. The van der Waals surface area contributed by atoms with Crippen molar-refractivity contribution in [1.82, 2.24) is 4.98 Å². The number of ether oxygens (including phenoxy) is 4. The molecular weight excluding hydrogens is 438 g/mol. The molecule has 0 fully saturated rings. The molecule has 0 atom stereocenters. The van der Waals surface area contributed by atoms with Gasteiger partial charge in [-0.3, -0.25) is 0 Å². The standard InChI is InChI=1S/C27H24ClNO4/c1-30-24-16-13-19(26(31-2)27(24)32-3)12-15-21-14-11-18-8-6-10-23(25(18)29-21)33-17-20-7-4-5-9-22(20)28/h4-16H,17H2,1-3H3/b15-12+. The molecule has 0 aliphatic heterocycles. The zero-order chi connectivity index (χ0) is 23.2. The number of para-hydroxylation sites is 1. The van der Waals surface area contributed by atoms with Crippen molar-refractivity contribution in [2.24, 2.45) is 0 Å². The zero-order valence-corrected chi connectivity index (χ0v) is 19.4. The van der Waals surface area contributed by atoms with E-state index in [1.54, 1.807) is 21.3 Å². The summed E-state index contributed by atoms with van der Waals surface area (Å²) in [5.41, 5.74) is 3.34. The lowest BCUT2D eigenvalue weighted by Gasteiger charge is -2.14. The summed E-state index contributed by atoms with van der Waals surface area (Å²) in [5.74, 6) is 2.45. The maximum Gasteiger partial charge on any atom is 0.203 e. The third-order valence-electron chi connectivity index (χ3n) is 5.21. The Bertz CT molecular complexity index is 1300. The fourth-order valence-corrected chi connectivity index (χ4v) is 3.74. The Morgan fingerprint density at radius 1 is 0.758 bits per heavy atom. The monoisotopic (exact) mass is 461 g/mol. The van der Waals surface area contributed by atoms with Crippen LogP contribution < -0.4 is 18.9 Å². The van der Waals surface area contributed by atoms with E-state index in [1.807, 2.05) is 78.9 Å². The smallest absolute Gasteiger partial charge is 0.203 e. The molecule has 3 aromatic carbocycles. The first-order valence-corrected chi connectivity index (χ1v) is 10.8. The first-order valence-electron chi connectivity index (χ1n) is 10.4. The number of nitrogens with zero attached hydrogens (tertiary/aromatic N) is 1. The fourth-order valence-electron chi connectivity index (χ4n) is 3.55. The molecule has 0 spiro atoms. The lowest BCUT2D eigenvalue weighted by Crippen LogP contribution is -1.98. The van der Waals surface area contributed by atoms with Crippen molar-refractivity contribution in [3.63, 3.8) is 0 Å². The molecule has 6 heteroatoms. The molecule has 1 aromatic heterocycles. The molecule has 0 saturated heterocycles. The van der Waals surface area contributed by atoms with Gasteiger partial charge in [0.25, 0.3) is 0 Å². The Kier molecular flexibility index (Phi) is 7.01. The van der Waals surface area contributed by atoms with Crippen LogP contribution in [0.25, 0.3) is 23.1 Å². The highest BCUT2D eigenvalue weighted by Gasteiger charge is 2.14. The summed E-state index contributed by atoms with van der Waals surface area (Å²) in [4.78, 5) is 4.82. The van der Waals surface area contributed by atoms with Crippen molar-refractivity contribution in [3.05, 3.63) is 88.6 Å². The molecule has 4 rings (SSSR count). The maximum atomic E-state index is 6.27. The normalized spacial score (nSPS) is 11.0. The summed E-state index contributed by atoms with van der Waals surface area (Å²) in [7, 11) is 4.78. The van der Waals surface area contributed by atoms with E-state index in [0.29, 0.717) is 34.6 Å². The molecule has 0 aliphatic carbocycles. The number of halogens is 1. The Hall–Kier alpha value is -3.70. The number of benzene rings is 3. The van der Waals surface area contributed by atoms with Gasteiger partial charge in [0.2, 0.25) is 5.75 Å². The number of hydrogen-bond donors (Lipinski definition) is 0. The van der Waals surface area contributed by atoms with Gasteiger partial charge in [0, 0.05) is 21.5 Å². The van der Waals surface area contributed by atoms with Gasteiger partial charge in [0.15, 0.2) is 11.5 Å². The highest BCUT2D eigenvalue weighted by atomic mass is 35.5. The zero-order valence-electron chi connectivity index (χ0n) is 18.7. The largest absolute Gasteiger partial charge is 0.493 e. The summed E-state index contributed by atoms with van der Waals surface area (Å²) in [6.07, 6.45) is 3.86. The Labute approximate surface area is 198 Å². The first-order chi connectivity index (χ1) is 16.1.